The van der Waals surface area contributed by atoms with Crippen LogP contribution in [0.1, 0.15) is 5.69 Å². The van der Waals surface area contributed by atoms with Gasteiger partial charge in [-0.05, 0) is 54.4 Å². The van der Waals surface area contributed by atoms with E-state index >= 15 is 0 Å². The molecule has 1 heterocycles. The number of methoxy groups -OCH3 is 1. The lowest BCUT2D eigenvalue weighted by Gasteiger charge is -2.09. The van der Waals surface area contributed by atoms with Crippen LogP contribution >= 0.6 is 0 Å². The normalized spacial score (nSPS) is 11.1. The van der Waals surface area contributed by atoms with Gasteiger partial charge >= 0.3 is 0 Å². The van der Waals surface area contributed by atoms with Crippen LogP contribution in [0, 0.1) is 6.92 Å². The molecule has 3 rings (SSSR count). The molecule has 0 aliphatic rings. The Labute approximate surface area is 147 Å². The Bertz CT molecular complexity index is 984. The Morgan fingerprint density at radius 1 is 0.920 bits per heavy atom. The largest absolute Gasteiger partial charge is 0.497 e. The third-order valence-electron chi connectivity index (χ3n) is 3.69. The van der Waals surface area contributed by atoms with Crippen molar-refractivity contribution in [2.45, 2.75) is 11.8 Å². The highest BCUT2D eigenvalue weighted by Gasteiger charge is 2.15. The van der Waals surface area contributed by atoms with E-state index in [0.717, 1.165) is 22.6 Å². The summed E-state index contributed by atoms with van der Waals surface area (Å²) >= 11 is 0. The fourth-order valence-corrected chi connectivity index (χ4v) is 3.43. The lowest BCUT2D eigenvalue weighted by atomic mass is 10.1. The molecule has 2 aromatic carbocycles. The molecule has 0 aliphatic carbocycles. The van der Waals surface area contributed by atoms with Gasteiger partial charge < -0.3 is 4.74 Å². The fourth-order valence-electron chi connectivity index (χ4n) is 2.43. The zero-order valence-electron chi connectivity index (χ0n) is 13.9. The molecule has 0 saturated carbocycles. The number of benzene rings is 2. The van der Waals surface area contributed by atoms with Crippen LogP contribution < -0.4 is 9.46 Å². The third kappa shape index (κ3) is 3.97. The summed E-state index contributed by atoms with van der Waals surface area (Å²) in [6.07, 6.45) is 0. The van der Waals surface area contributed by atoms with Crippen molar-refractivity contribution < 1.29 is 13.2 Å². The zero-order chi connectivity index (χ0) is 17.9. The van der Waals surface area contributed by atoms with Crippen molar-refractivity contribution in [1.29, 1.82) is 0 Å². The molecule has 0 amide bonds. The number of rotatable bonds is 5. The van der Waals surface area contributed by atoms with E-state index in [2.05, 4.69) is 9.71 Å². The molecule has 0 atom stereocenters. The van der Waals surface area contributed by atoms with Crippen LogP contribution in [0.3, 0.4) is 0 Å². The number of hydrogen-bond donors (Lipinski definition) is 1. The number of ether oxygens (including phenoxy) is 1. The van der Waals surface area contributed by atoms with Crippen molar-refractivity contribution in [2.75, 3.05) is 11.8 Å². The number of nitrogens with zero attached hydrogens (tertiary/aromatic N) is 1. The minimum atomic E-state index is -3.68. The lowest BCUT2D eigenvalue weighted by molar-refractivity contribution is 0.415. The predicted molar refractivity (Wildman–Crippen MR) is 98.2 cm³/mol. The lowest BCUT2D eigenvalue weighted by Crippen LogP contribution is -2.14. The average Bonchev–Trinajstić information content (AvgIpc) is 2.61. The van der Waals surface area contributed by atoms with Crippen LogP contribution in [0.15, 0.2) is 71.6 Å². The second kappa shape index (κ2) is 6.94. The number of aryl methyl sites for hydroxylation is 1. The maximum absolute atomic E-state index is 12.5. The number of aromatic nitrogens is 1. The van der Waals surface area contributed by atoms with Gasteiger partial charge in [0.15, 0.2) is 0 Å². The smallest absolute Gasteiger partial charge is 0.263 e. The van der Waals surface area contributed by atoms with Gasteiger partial charge in [0.2, 0.25) is 0 Å². The van der Waals surface area contributed by atoms with Gasteiger partial charge in [-0.1, -0.05) is 30.3 Å². The molecule has 3 aromatic rings. The summed E-state index contributed by atoms with van der Waals surface area (Å²) in [5, 5.41) is 0. The molecule has 1 aromatic heterocycles. The Kier molecular flexibility index (Phi) is 4.72. The molecule has 0 unspecified atom stereocenters. The summed E-state index contributed by atoms with van der Waals surface area (Å²) in [4.78, 5) is 4.35. The van der Waals surface area contributed by atoms with E-state index in [1.54, 1.807) is 56.5 Å². The van der Waals surface area contributed by atoms with E-state index < -0.39 is 10.0 Å². The first-order valence-electron chi connectivity index (χ1n) is 7.69. The summed E-state index contributed by atoms with van der Waals surface area (Å²) < 4.78 is 32.7. The standard InChI is InChI=1S/C19H18N2O3S/c1-14-5-3-8-19(20-14)21-25(22,23)18-11-9-15(10-12-18)16-6-4-7-17(13-16)24-2/h3-13H,1-2H3,(H,20,21). The number of sulfonamides is 1. The van der Waals surface area contributed by atoms with Crippen molar-refractivity contribution in [3.63, 3.8) is 0 Å². The van der Waals surface area contributed by atoms with Gasteiger partial charge in [-0.3, -0.25) is 4.72 Å². The van der Waals surface area contributed by atoms with E-state index in [1.807, 2.05) is 24.3 Å². The van der Waals surface area contributed by atoms with Crippen LogP contribution in [0.25, 0.3) is 11.1 Å². The molecule has 128 valence electrons. The minimum absolute atomic E-state index is 0.183. The highest BCUT2D eigenvalue weighted by Crippen LogP contribution is 2.25. The second-order valence-electron chi connectivity index (χ2n) is 5.53. The van der Waals surface area contributed by atoms with Crippen molar-refractivity contribution in [3.8, 4) is 16.9 Å². The van der Waals surface area contributed by atoms with Gasteiger partial charge in [-0.2, -0.15) is 0 Å². The van der Waals surface area contributed by atoms with Crippen LogP contribution in [-0.2, 0) is 10.0 Å². The molecule has 0 spiro atoms. The molecule has 5 nitrogen and oxygen atoms in total. The molecular formula is C19H18N2O3S. The van der Waals surface area contributed by atoms with Crippen LogP contribution in [0.4, 0.5) is 5.82 Å². The van der Waals surface area contributed by atoms with Crippen LogP contribution in [-0.4, -0.2) is 20.5 Å². The fraction of sp³-hybridized carbons (Fsp3) is 0.105. The first-order valence-corrected chi connectivity index (χ1v) is 9.17. The number of hydrogen-bond acceptors (Lipinski definition) is 4. The van der Waals surface area contributed by atoms with E-state index in [-0.39, 0.29) is 4.90 Å². The van der Waals surface area contributed by atoms with E-state index in [0.29, 0.717) is 5.82 Å². The van der Waals surface area contributed by atoms with Crippen LogP contribution in [0.5, 0.6) is 5.75 Å². The highest BCUT2D eigenvalue weighted by molar-refractivity contribution is 7.92. The monoisotopic (exact) mass is 354 g/mol. The molecule has 0 bridgehead atoms. The average molecular weight is 354 g/mol. The van der Waals surface area contributed by atoms with Gasteiger partial charge in [0.05, 0.1) is 12.0 Å². The molecule has 0 aliphatic heterocycles. The molecule has 1 N–H and O–H groups in total. The van der Waals surface area contributed by atoms with Gasteiger partial charge in [0.1, 0.15) is 11.6 Å². The van der Waals surface area contributed by atoms with E-state index in [4.69, 9.17) is 4.74 Å². The SMILES string of the molecule is COc1cccc(-c2ccc(S(=O)(=O)Nc3cccc(C)n3)cc2)c1. The Morgan fingerprint density at radius 2 is 1.64 bits per heavy atom. The van der Waals surface area contributed by atoms with Crippen molar-refractivity contribution in [2.24, 2.45) is 0 Å². The molecule has 0 saturated heterocycles. The molecule has 6 heteroatoms. The summed E-state index contributed by atoms with van der Waals surface area (Å²) in [6.45, 7) is 1.81. The molecule has 25 heavy (non-hydrogen) atoms. The number of anilines is 1. The maximum atomic E-state index is 12.5. The Hall–Kier alpha value is -2.86. The molecular weight excluding hydrogens is 336 g/mol. The zero-order valence-corrected chi connectivity index (χ0v) is 14.7. The van der Waals surface area contributed by atoms with E-state index in [1.165, 1.54) is 0 Å². The number of pyridine rings is 1. The Balaban J connectivity index is 1.86. The molecule has 0 radical (unpaired) electrons. The summed E-state index contributed by atoms with van der Waals surface area (Å²) in [5.41, 5.74) is 2.61. The van der Waals surface area contributed by atoms with Gasteiger partial charge in [0.25, 0.3) is 10.0 Å². The van der Waals surface area contributed by atoms with Crippen molar-refractivity contribution in [3.05, 3.63) is 72.4 Å². The van der Waals surface area contributed by atoms with E-state index in [9.17, 15) is 8.42 Å². The Morgan fingerprint density at radius 3 is 2.32 bits per heavy atom. The predicted octanol–water partition coefficient (Wildman–Crippen LogP) is 3.87. The van der Waals surface area contributed by atoms with Gasteiger partial charge in [-0.15, -0.1) is 0 Å². The van der Waals surface area contributed by atoms with Gasteiger partial charge in [0, 0.05) is 5.69 Å². The quantitative estimate of drug-likeness (QED) is 0.755. The van der Waals surface area contributed by atoms with Gasteiger partial charge in [-0.25, -0.2) is 13.4 Å². The first-order chi connectivity index (χ1) is 12.0. The van der Waals surface area contributed by atoms with Crippen molar-refractivity contribution >= 4 is 15.8 Å². The third-order valence-corrected chi connectivity index (χ3v) is 5.07. The highest BCUT2D eigenvalue weighted by atomic mass is 32.2. The first kappa shape index (κ1) is 17.0. The van der Waals surface area contributed by atoms with Crippen molar-refractivity contribution in [1.82, 2.24) is 4.98 Å². The maximum Gasteiger partial charge on any atom is 0.263 e. The summed E-state index contributed by atoms with van der Waals surface area (Å²) in [7, 11) is -2.07. The number of nitrogens with one attached hydrogen (secondary N) is 1. The topological polar surface area (TPSA) is 68.3 Å². The summed E-state index contributed by atoms with van der Waals surface area (Å²) in [5.74, 6) is 1.05. The molecule has 0 fully saturated rings. The van der Waals surface area contributed by atoms with Crippen LogP contribution in [0.2, 0.25) is 0 Å². The summed E-state index contributed by atoms with van der Waals surface area (Å²) in [6, 6.07) is 19.5. The minimum Gasteiger partial charge on any atom is -0.497 e. The second-order valence-corrected chi connectivity index (χ2v) is 7.21.